The molecule has 0 N–H and O–H groups in total. The van der Waals surface area contributed by atoms with Crippen LogP contribution in [0.3, 0.4) is 0 Å². The molecule has 2 atom stereocenters. The van der Waals surface area contributed by atoms with Crippen molar-refractivity contribution < 1.29 is 27.1 Å². The Kier molecular flexibility index (Phi) is 3.03. The van der Waals surface area contributed by atoms with Gasteiger partial charge in [0.2, 0.25) is 11.7 Å². The summed E-state index contributed by atoms with van der Waals surface area (Å²) in [6, 6.07) is 0. The molecule has 1 saturated heterocycles. The molecule has 8 heteroatoms. The molecule has 2 fully saturated rings. The van der Waals surface area contributed by atoms with Crippen LogP contribution in [-0.2, 0) is 16.3 Å². The van der Waals surface area contributed by atoms with Crippen LogP contribution >= 0.6 is 0 Å². The van der Waals surface area contributed by atoms with Gasteiger partial charge in [0.05, 0.1) is 11.6 Å². The largest absolute Gasteiger partial charge is 0.451 e. The zero-order chi connectivity index (χ0) is 16.3. The lowest BCUT2D eigenvalue weighted by Gasteiger charge is -2.25. The number of hydrogen-bond donors (Lipinski definition) is 0. The van der Waals surface area contributed by atoms with E-state index in [2.05, 4.69) is 4.98 Å². The summed E-state index contributed by atoms with van der Waals surface area (Å²) >= 11 is 0. The van der Waals surface area contributed by atoms with Crippen LogP contribution in [0.5, 0.6) is 0 Å². The fourth-order valence-corrected chi connectivity index (χ4v) is 2.92. The van der Waals surface area contributed by atoms with Gasteiger partial charge in [-0.25, -0.2) is 9.78 Å². The van der Waals surface area contributed by atoms with Gasteiger partial charge in [0, 0.05) is 13.1 Å². The Morgan fingerprint density at radius 1 is 1.45 bits per heavy atom. The molecular weight excluding hydrogens is 301 g/mol. The maximum Gasteiger partial charge on any atom is 0.451 e. The van der Waals surface area contributed by atoms with Gasteiger partial charge in [0.25, 0.3) is 0 Å². The van der Waals surface area contributed by atoms with Gasteiger partial charge in [0.15, 0.2) is 0 Å². The minimum absolute atomic E-state index is 0.0656. The monoisotopic (exact) mass is 318 g/mol. The number of piperidine rings is 1. The van der Waals surface area contributed by atoms with Crippen molar-refractivity contribution in [3.63, 3.8) is 0 Å². The van der Waals surface area contributed by atoms with Crippen molar-refractivity contribution in [2.24, 2.45) is 5.92 Å². The third-order valence-electron chi connectivity index (χ3n) is 4.01. The van der Waals surface area contributed by atoms with Crippen molar-refractivity contribution in [2.75, 3.05) is 13.1 Å². The van der Waals surface area contributed by atoms with Gasteiger partial charge in [-0.3, -0.25) is 0 Å². The number of hydrogen-bond acceptors (Lipinski definition) is 4. The second kappa shape index (κ2) is 4.39. The van der Waals surface area contributed by atoms with Gasteiger partial charge in [-0.2, -0.15) is 13.2 Å². The number of likely N-dealkylation sites (tertiary alicyclic amines) is 1. The molecular formula is C14H17F3N2O3. The molecule has 2 unspecified atom stereocenters. The van der Waals surface area contributed by atoms with Gasteiger partial charge < -0.3 is 14.1 Å². The van der Waals surface area contributed by atoms with Crippen molar-refractivity contribution in [1.82, 2.24) is 9.88 Å². The standard InChI is InChI=1S/C14H17F3N2O3/c1-12(2,3)22-11(20)19-6-8-4-13(8,7-19)10-18-5-9(21-10)14(15,16)17/h5,8H,4,6-7H2,1-3H3. The van der Waals surface area contributed by atoms with Crippen LogP contribution < -0.4 is 0 Å². The highest BCUT2D eigenvalue weighted by atomic mass is 19.4. The molecule has 1 aromatic rings. The second-order valence-electron chi connectivity index (χ2n) is 6.95. The molecule has 1 saturated carbocycles. The number of halogens is 3. The topological polar surface area (TPSA) is 55.6 Å². The number of carbonyl (C=O) groups is 1. The SMILES string of the molecule is CC(C)(C)OC(=O)N1CC2CC2(c2ncc(C(F)(F)F)o2)C1. The molecule has 1 aromatic heterocycles. The maximum atomic E-state index is 12.6. The van der Waals surface area contributed by atoms with E-state index in [1.807, 2.05) is 0 Å². The molecule has 0 bridgehead atoms. The minimum Gasteiger partial charge on any atom is -0.444 e. The van der Waals surface area contributed by atoms with Crippen LogP contribution in [0.1, 0.15) is 38.8 Å². The predicted molar refractivity (Wildman–Crippen MR) is 69.1 cm³/mol. The summed E-state index contributed by atoms with van der Waals surface area (Å²) < 4.78 is 48.0. The van der Waals surface area contributed by atoms with E-state index in [4.69, 9.17) is 9.15 Å². The van der Waals surface area contributed by atoms with Crippen molar-refractivity contribution in [2.45, 2.75) is 44.4 Å². The molecule has 1 amide bonds. The van der Waals surface area contributed by atoms with Crippen LogP contribution in [0, 0.1) is 5.92 Å². The van der Waals surface area contributed by atoms with Crippen LogP contribution in [-0.4, -0.2) is 34.7 Å². The quantitative estimate of drug-likeness (QED) is 0.798. The smallest absolute Gasteiger partial charge is 0.444 e. The van der Waals surface area contributed by atoms with E-state index in [1.165, 1.54) is 4.90 Å². The van der Waals surface area contributed by atoms with Crippen molar-refractivity contribution in [3.8, 4) is 0 Å². The first-order valence-electron chi connectivity index (χ1n) is 7.03. The summed E-state index contributed by atoms with van der Waals surface area (Å²) in [5, 5.41) is 0. The van der Waals surface area contributed by atoms with Gasteiger partial charge in [0.1, 0.15) is 5.60 Å². The number of nitrogens with zero attached hydrogens (tertiary/aromatic N) is 2. The first-order chi connectivity index (χ1) is 10.0. The molecule has 0 spiro atoms. The predicted octanol–water partition coefficient (Wildman–Crippen LogP) is 3.20. The van der Waals surface area contributed by atoms with E-state index < -0.39 is 29.0 Å². The fraction of sp³-hybridized carbons (Fsp3) is 0.714. The van der Waals surface area contributed by atoms with Crippen molar-refractivity contribution >= 4 is 6.09 Å². The minimum atomic E-state index is -4.55. The normalized spacial score (nSPS) is 27.7. The highest BCUT2D eigenvalue weighted by Gasteiger charge is 2.65. The number of fused-ring (bicyclic) bond motifs is 1. The van der Waals surface area contributed by atoms with Gasteiger partial charge >= 0.3 is 12.3 Å². The van der Waals surface area contributed by atoms with E-state index >= 15 is 0 Å². The Bertz CT molecular complexity index is 605. The second-order valence-corrected chi connectivity index (χ2v) is 6.95. The average Bonchev–Trinajstić information content (AvgIpc) is 2.79. The Labute approximate surface area is 125 Å². The van der Waals surface area contributed by atoms with Crippen LogP contribution in [0.25, 0.3) is 0 Å². The zero-order valence-electron chi connectivity index (χ0n) is 12.5. The van der Waals surface area contributed by atoms with E-state index in [-0.39, 0.29) is 18.4 Å². The van der Waals surface area contributed by atoms with Crippen LogP contribution in [0.4, 0.5) is 18.0 Å². The Balaban J connectivity index is 1.72. The molecule has 22 heavy (non-hydrogen) atoms. The van der Waals surface area contributed by atoms with E-state index in [0.717, 1.165) is 0 Å². The summed E-state index contributed by atoms with van der Waals surface area (Å²) in [6.07, 6.45) is -3.61. The number of oxazole rings is 1. The summed E-state index contributed by atoms with van der Waals surface area (Å²) in [5.74, 6) is -0.950. The summed E-state index contributed by atoms with van der Waals surface area (Å²) in [5.41, 5.74) is -1.19. The lowest BCUT2D eigenvalue weighted by atomic mass is 10.1. The average molecular weight is 318 g/mol. The van der Waals surface area contributed by atoms with Crippen molar-refractivity contribution in [3.05, 3.63) is 17.8 Å². The zero-order valence-corrected chi connectivity index (χ0v) is 12.5. The number of rotatable bonds is 1. The third-order valence-corrected chi connectivity index (χ3v) is 4.01. The third kappa shape index (κ3) is 2.55. The van der Waals surface area contributed by atoms with E-state index in [1.54, 1.807) is 20.8 Å². The number of carbonyl (C=O) groups excluding carboxylic acids is 1. The molecule has 5 nitrogen and oxygen atoms in total. The van der Waals surface area contributed by atoms with E-state index in [9.17, 15) is 18.0 Å². The van der Waals surface area contributed by atoms with Crippen LogP contribution in [0.2, 0.25) is 0 Å². The van der Waals surface area contributed by atoms with Crippen molar-refractivity contribution in [1.29, 1.82) is 0 Å². The molecule has 0 radical (unpaired) electrons. The first-order valence-corrected chi connectivity index (χ1v) is 7.03. The number of aromatic nitrogens is 1. The number of alkyl halides is 3. The highest BCUT2D eigenvalue weighted by molar-refractivity contribution is 5.69. The Morgan fingerprint density at radius 2 is 2.14 bits per heavy atom. The maximum absolute atomic E-state index is 12.6. The van der Waals surface area contributed by atoms with Gasteiger partial charge in [-0.1, -0.05) is 0 Å². The molecule has 0 aromatic carbocycles. The molecule has 1 aliphatic carbocycles. The number of ether oxygens (including phenoxy) is 1. The van der Waals surface area contributed by atoms with Crippen LogP contribution in [0.15, 0.2) is 10.6 Å². The molecule has 1 aliphatic heterocycles. The molecule has 2 heterocycles. The molecule has 3 rings (SSSR count). The van der Waals surface area contributed by atoms with E-state index in [0.29, 0.717) is 19.2 Å². The lowest BCUT2D eigenvalue weighted by molar-refractivity contribution is -0.153. The highest BCUT2D eigenvalue weighted by Crippen LogP contribution is 2.59. The Hall–Kier alpha value is -1.73. The first kappa shape index (κ1) is 15.2. The molecule has 2 aliphatic rings. The Morgan fingerprint density at radius 3 is 2.68 bits per heavy atom. The van der Waals surface area contributed by atoms with Gasteiger partial charge in [-0.05, 0) is 33.1 Å². The summed E-state index contributed by atoms with van der Waals surface area (Å²) in [6.45, 7) is 6.03. The summed E-state index contributed by atoms with van der Waals surface area (Å²) in [7, 11) is 0. The molecule has 122 valence electrons. The fourth-order valence-electron chi connectivity index (χ4n) is 2.92. The van der Waals surface area contributed by atoms with Gasteiger partial charge in [-0.15, -0.1) is 0 Å². The number of amides is 1. The summed E-state index contributed by atoms with van der Waals surface area (Å²) in [4.78, 5) is 17.3. The lowest BCUT2D eigenvalue weighted by Crippen LogP contribution is -2.37.